The van der Waals surface area contributed by atoms with Gasteiger partial charge in [0.1, 0.15) is 17.1 Å². The fourth-order valence-electron chi connectivity index (χ4n) is 2.20. The Bertz CT molecular complexity index is 691. The highest BCUT2D eigenvalue weighted by atomic mass is 35.5. The fourth-order valence-corrected chi connectivity index (χ4v) is 2.43. The van der Waals surface area contributed by atoms with Crippen LogP contribution < -0.4 is 5.48 Å². The topological polar surface area (TPSA) is 53.9 Å². The minimum absolute atomic E-state index is 0.216. The molecule has 0 bridgehead atoms. The first kappa shape index (κ1) is 12.7. The van der Waals surface area contributed by atoms with E-state index in [1.807, 2.05) is 18.2 Å². The molecular weight excluding hydrogens is 278 g/mol. The van der Waals surface area contributed by atoms with Crippen LogP contribution in [0.2, 0.25) is 5.02 Å². The molecule has 1 N–H and O–H groups in total. The summed E-state index contributed by atoms with van der Waals surface area (Å²) in [5, 5.41) is 0.565. The van der Waals surface area contributed by atoms with E-state index in [2.05, 4.69) is 10.5 Å². The average molecular weight is 290 g/mol. The van der Waals surface area contributed by atoms with Crippen LogP contribution in [0.5, 0.6) is 0 Å². The predicted octanol–water partition coefficient (Wildman–Crippen LogP) is 2.32. The summed E-state index contributed by atoms with van der Waals surface area (Å²) in [5.41, 5.74) is 5.45. The lowest BCUT2D eigenvalue weighted by Gasteiger charge is -2.15. The Balaban J connectivity index is 2.26. The second kappa shape index (κ2) is 4.68. The van der Waals surface area contributed by atoms with Gasteiger partial charge in [-0.15, -0.1) is 0 Å². The molecule has 2 heterocycles. The Labute approximate surface area is 121 Å². The fraction of sp³-hybridized carbons (Fsp3) is 0.143. The molecule has 1 aromatic rings. The van der Waals surface area contributed by atoms with Crippen LogP contribution in [-0.4, -0.2) is 24.1 Å². The van der Waals surface area contributed by atoms with E-state index in [1.54, 1.807) is 20.0 Å². The predicted molar refractivity (Wildman–Crippen MR) is 76.6 cm³/mol. The van der Waals surface area contributed by atoms with Gasteiger partial charge in [-0.1, -0.05) is 29.8 Å². The Kier molecular flexibility index (Phi) is 2.99. The molecule has 2 aliphatic rings. The Morgan fingerprint density at radius 1 is 1.35 bits per heavy atom. The summed E-state index contributed by atoms with van der Waals surface area (Å²) in [5.74, 6) is 0.400. The van der Waals surface area contributed by atoms with E-state index in [9.17, 15) is 4.79 Å². The molecule has 0 unspecified atom stereocenters. The highest BCUT2D eigenvalue weighted by Crippen LogP contribution is 2.34. The molecule has 1 aromatic carbocycles. The van der Waals surface area contributed by atoms with E-state index in [4.69, 9.17) is 16.4 Å². The minimum Gasteiger partial charge on any atom is -0.384 e. The highest BCUT2D eigenvalue weighted by molar-refractivity contribution is 6.33. The summed E-state index contributed by atoms with van der Waals surface area (Å²) >= 11 is 6.22. The number of aliphatic imine (C=N–C) groups is 1. The molecule has 3 rings (SSSR count). The van der Waals surface area contributed by atoms with Gasteiger partial charge < -0.3 is 9.74 Å². The lowest BCUT2D eigenvalue weighted by atomic mass is 10.1. The molecule has 0 radical (unpaired) electrons. The average Bonchev–Trinajstić information content (AvgIpc) is 2.76. The van der Waals surface area contributed by atoms with Gasteiger partial charge in [-0.25, -0.2) is 10.5 Å². The van der Waals surface area contributed by atoms with Crippen molar-refractivity contribution in [2.45, 2.75) is 6.92 Å². The lowest BCUT2D eigenvalue weighted by molar-refractivity contribution is -0.120. The van der Waals surface area contributed by atoms with Crippen LogP contribution in [0.15, 0.2) is 46.4 Å². The van der Waals surface area contributed by atoms with Gasteiger partial charge in [-0.2, -0.15) is 0 Å². The summed E-state index contributed by atoms with van der Waals surface area (Å²) < 4.78 is 0. The number of nitrogens with one attached hydrogen (secondary N) is 1. The highest BCUT2D eigenvalue weighted by Gasteiger charge is 2.31. The Morgan fingerprint density at radius 3 is 2.85 bits per heavy atom. The van der Waals surface area contributed by atoms with Gasteiger partial charge in [0.25, 0.3) is 5.91 Å². The summed E-state index contributed by atoms with van der Waals surface area (Å²) in [4.78, 5) is 23.1. The van der Waals surface area contributed by atoms with Crippen molar-refractivity contribution in [1.82, 2.24) is 10.4 Å². The maximum absolute atomic E-state index is 12.0. The summed E-state index contributed by atoms with van der Waals surface area (Å²) in [6, 6.07) is 7.34. The largest absolute Gasteiger partial charge is 0.384 e. The molecule has 0 aromatic heterocycles. The van der Waals surface area contributed by atoms with Crippen LogP contribution in [0.25, 0.3) is 5.70 Å². The third-order valence-corrected chi connectivity index (χ3v) is 3.54. The number of halogens is 1. The first-order valence-corrected chi connectivity index (χ1v) is 6.42. The number of benzene rings is 1. The van der Waals surface area contributed by atoms with Crippen molar-refractivity contribution < 1.29 is 9.63 Å². The standard InChI is InChI=1S/C14H12ClN3O2/c1-8-14-13(17-20-8)12(16-7-11(19)18(14)2)9-5-3-4-6-10(9)15/h3-7,17H,1-2H3. The zero-order valence-electron chi connectivity index (χ0n) is 11.0. The molecule has 6 heteroatoms. The molecule has 20 heavy (non-hydrogen) atoms. The van der Waals surface area contributed by atoms with Gasteiger partial charge >= 0.3 is 0 Å². The van der Waals surface area contributed by atoms with Crippen LogP contribution in [-0.2, 0) is 9.63 Å². The van der Waals surface area contributed by atoms with Crippen molar-refractivity contribution in [3.05, 3.63) is 52.0 Å². The minimum atomic E-state index is -0.216. The van der Waals surface area contributed by atoms with E-state index in [0.29, 0.717) is 27.9 Å². The number of nitrogens with zero attached hydrogens (tertiary/aromatic N) is 2. The summed E-state index contributed by atoms with van der Waals surface area (Å²) in [7, 11) is 1.68. The van der Waals surface area contributed by atoms with Gasteiger partial charge in [-0.3, -0.25) is 4.79 Å². The normalized spacial score (nSPS) is 17.9. The number of likely N-dealkylation sites (N-methyl/N-ethyl adjacent to an activating group) is 1. The molecule has 0 spiro atoms. The molecule has 102 valence electrons. The van der Waals surface area contributed by atoms with Gasteiger partial charge in [0.15, 0.2) is 5.76 Å². The SMILES string of the molecule is CC1=C2C(=C(c3ccccc3Cl)N=CC(=O)N2C)NO1. The first-order valence-electron chi connectivity index (χ1n) is 6.04. The van der Waals surface area contributed by atoms with Crippen LogP contribution in [0.1, 0.15) is 12.5 Å². The van der Waals surface area contributed by atoms with Crippen molar-refractivity contribution in [3.63, 3.8) is 0 Å². The van der Waals surface area contributed by atoms with Crippen molar-refractivity contribution >= 4 is 29.4 Å². The number of allylic oxidation sites excluding steroid dienone is 1. The van der Waals surface area contributed by atoms with E-state index in [1.165, 1.54) is 11.1 Å². The van der Waals surface area contributed by atoms with Gasteiger partial charge in [-0.05, 0) is 13.0 Å². The maximum Gasteiger partial charge on any atom is 0.269 e. The summed E-state index contributed by atoms with van der Waals surface area (Å²) in [6.45, 7) is 1.79. The number of rotatable bonds is 1. The third-order valence-electron chi connectivity index (χ3n) is 3.21. The lowest BCUT2D eigenvalue weighted by Crippen LogP contribution is -2.27. The Morgan fingerprint density at radius 2 is 2.10 bits per heavy atom. The molecule has 0 saturated carbocycles. The van der Waals surface area contributed by atoms with E-state index in [0.717, 1.165) is 5.56 Å². The van der Waals surface area contributed by atoms with Crippen LogP contribution in [0.4, 0.5) is 0 Å². The van der Waals surface area contributed by atoms with Crippen molar-refractivity contribution in [3.8, 4) is 0 Å². The first-order chi connectivity index (χ1) is 9.59. The molecular formula is C14H12ClN3O2. The molecule has 0 atom stereocenters. The van der Waals surface area contributed by atoms with Gasteiger partial charge in [0, 0.05) is 12.6 Å². The molecule has 0 fully saturated rings. The van der Waals surface area contributed by atoms with E-state index >= 15 is 0 Å². The number of carbonyl (C=O) groups excluding carboxylic acids is 1. The smallest absolute Gasteiger partial charge is 0.269 e. The van der Waals surface area contributed by atoms with Gasteiger partial charge in [0.2, 0.25) is 0 Å². The summed E-state index contributed by atoms with van der Waals surface area (Å²) in [6.07, 6.45) is 1.28. The molecule has 2 aliphatic heterocycles. The second-order valence-electron chi connectivity index (χ2n) is 4.47. The maximum atomic E-state index is 12.0. The number of hydrogen-bond donors (Lipinski definition) is 1. The molecule has 0 saturated heterocycles. The molecule has 5 nitrogen and oxygen atoms in total. The zero-order chi connectivity index (χ0) is 14.3. The molecule has 0 aliphatic carbocycles. The monoisotopic (exact) mass is 289 g/mol. The van der Waals surface area contributed by atoms with Crippen molar-refractivity contribution in [2.24, 2.45) is 4.99 Å². The number of hydroxylamine groups is 1. The van der Waals surface area contributed by atoms with E-state index in [-0.39, 0.29) is 5.91 Å². The number of carbonyl (C=O) groups is 1. The van der Waals surface area contributed by atoms with Crippen molar-refractivity contribution in [2.75, 3.05) is 7.05 Å². The van der Waals surface area contributed by atoms with E-state index < -0.39 is 0 Å². The van der Waals surface area contributed by atoms with Crippen LogP contribution >= 0.6 is 11.6 Å². The third kappa shape index (κ3) is 1.87. The number of fused-ring (bicyclic) bond motifs is 1. The number of amides is 1. The Hall–Kier alpha value is -2.27. The van der Waals surface area contributed by atoms with Crippen LogP contribution in [0, 0.1) is 0 Å². The van der Waals surface area contributed by atoms with Crippen molar-refractivity contribution in [1.29, 1.82) is 0 Å². The number of hydrogen-bond acceptors (Lipinski definition) is 4. The zero-order valence-corrected chi connectivity index (χ0v) is 11.7. The quantitative estimate of drug-likeness (QED) is 0.863. The van der Waals surface area contributed by atoms with Gasteiger partial charge in [0.05, 0.1) is 11.2 Å². The van der Waals surface area contributed by atoms with Crippen LogP contribution in [0.3, 0.4) is 0 Å². The second-order valence-corrected chi connectivity index (χ2v) is 4.88. The molecule has 1 amide bonds.